The van der Waals surface area contributed by atoms with Crippen LogP contribution in [-0.2, 0) is 10.8 Å². The molecule has 0 fully saturated rings. The molecule has 1 aromatic heterocycles. The number of rotatable bonds is 7. The van der Waals surface area contributed by atoms with E-state index < -0.39 is 10.8 Å². The third-order valence-electron chi connectivity index (χ3n) is 16.9. The van der Waals surface area contributed by atoms with Crippen molar-refractivity contribution in [2.45, 2.75) is 10.8 Å². The molecule has 3 heteroatoms. The summed E-state index contributed by atoms with van der Waals surface area (Å²) in [5.74, 6) is 0. The van der Waals surface area contributed by atoms with Crippen LogP contribution in [0, 0.1) is 0 Å². The zero-order chi connectivity index (χ0) is 50.7. The summed E-state index contributed by atoms with van der Waals surface area (Å²) < 4.78 is 6.72. The van der Waals surface area contributed by atoms with Crippen molar-refractivity contribution in [3.63, 3.8) is 0 Å². The van der Waals surface area contributed by atoms with Crippen LogP contribution in [0.15, 0.2) is 296 Å². The molecular formula is C74H48N2O. The van der Waals surface area contributed by atoms with Crippen molar-refractivity contribution in [3.8, 4) is 33.4 Å². The molecule has 0 amide bonds. The van der Waals surface area contributed by atoms with Crippen LogP contribution in [0.25, 0.3) is 55.3 Å². The largest absolute Gasteiger partial charge is 0.455 e. The van der Waals surface area contributed by atoms with Gasteiger partial charge in [-0.05, 0) is 139 Å². The highest BCUT2D eigenvalue weighted by atomic mass is 16.3. The zero-order valence-electron chi connectivity index (χ0n) is 42.0. The second-order valence-electron chi connectivity index (χ2n) is 20.7. The predicted octanol–water partition coefficient (Wildman–Crippen LogP) is 19.2. The molecule has 0 N–H and O–H groups in total. The van der Waals surface area contributed by atoms with E-state index in [1.807, 2.05) is 6.07 Å². The molecule has 1 aliphatic heterocycles. The molecule has 16 rings (SSSR count). The molecule has 2 heterocycles. The SMILES string of the molecule is c1ccc(N2c3ccccc3C3(c4ccccc4-c4ccc(N(c5cccc(-c6cccc7c6oc6ccccc67)c5)c5ccc6c(c5)C(c5ccccc5)(c5ccccc5)c5ccccc5-6)cc43)c3ccccc32)cc1. The van der Waals surface area contributed by atoms with E-state index in [2.05, 4.69) is 295 Å². The topological polar surface area (TPSA) is 19.6 Å². The number of anilines is 6. The maximum Gasteiger partial charge on any atom is 0.143 e. The minimum absolute atomic E-state index is 0.585. The Morgan fingerprint density at radius 1 is 0.299 bits per heavy atom. The summed E-state index contributed by atoms with van der Waals surface area (Å²) in [5, 5.41) is 2.23. The molecule has 0 saturated heterocycles. The van der Waals surface area contributed by atoms with Crippen LogP contribution in [0.4, 0.5) is 34.1 Å². The Hall–Kier alpha value is -9.96. The second-order valence-corrected chi connectivity index (χ2v) is 20.7. The third-order valence-corrected chi connectivity index (χ3v) is 16.9. The van der Waals surface area contributed by atoms with Crippen molar-refractivity contribution in [1.29, 1.82) is 0 Å². The summed E-state index contributed by atoms with van der Waals surface area (Å²) in [6, 6.07) is 108. The average molecular weight is 981 g/mol. The molecule has 12 aromatic carbocycles. The van der Waals surface area contributed by atoms with E-state index in [1.54, 1.807) is 0 Å². The van der Waals surface area contributed by atoms with Gasteiger partial charge in [-0.15, -0.1) is 0 Å². The Morgan fingerprint density at radius 3 is 1.39 bits per heavy atom. The van der Waals surface area contributed by atoms with E-state index in [9.17, 15) is 0 Å². The number of hydrogen-bond acceptors (Lipinski definition) is 3. The van der Waals surface area contributed by atoms with Crippen molar-refractivity contribution in [1.82, 2.24) is 0 Å². The first-order valence-electron chi connectivity index (χ1n) is 26.7. The first-order chi connectivity index (χ1) is 38.2. The Labute approximate surface area is 447 Å². The van der Waals surface area contributed by atoms with Crippen molar-refractivity contribution >= 4 is 56.1 Å². The molecule has 77 heavy (non-hydrogen) atoms. The van der Waals surface area contributed by atoms with E-state index in [0.717, 1.165) is 55.8 Å². The molecule has 2 aliphatic carbocycles. The first-order valence-corrected chi connectivity index (χ1v) is 26.7. The van der Waals surface area contributed by atoms with Gasteiger partial charge in [0.2, 0.25) is 0 Å². The lowest BCUT2D eigenvalue weighted by Crippen LogP contribution is -2.36. The van der Waals surface area contributed by atoms with Gasteiger partial charge >= 0.3 is 0 Å². The number of nitrogens with zero attached hydrogens (tertiary/aromatic N) is 2. The van der Waals surface area contributed by atoms with Crippen molar-refractivity contribution in [3.05, 3.63) is 336 Å². The lowest BCUT2D eigenvalue weighted by molar-refractivity contribution is 0.670. The lowest BCUT2D eigenvalue weighted by Gasteiger charge is -2.45. The fourth-order valence-electron chi connectivity index (χ4n) is 13.9. The van der Waals surface area contributed by atoms with Crippen LogP contribution in [0.1, 0.15) is 44.5 Å². The summed E-state index contributed by atoms with van der Waals surface area (Å²) in [6.07, 6.45) is 0. The number of benzene rings is 12. The van der Waals surface area contributed by atoms with Gasteiger partial charge in [0.1, 0.15) is 11.2 Å². The molecule has 13 aromatic rings. The Balaban J connectivity index is 0.973. The quantitative estimate of drug-likeness (QED) is 0.159. The summed E-state index contributed by atoms with van der Waals surface area (Å²) >= 11 is 0. The van der Waals surface area contributed by atoms with Gasteiger partial charge in [0, 0.05) is 39.1 Å². The van der Waals surface area contributed by atoms with Crippen LogP contribution in [0.3, 0.4) is 0 Å². The molecule has 0 atom stereocenters. The Morgan fingerprint density at radius 2 is 0.753 bits per heavy atom. The maximum absolute atomic E-state index is 6.72. The number of fused-ring (bicyclic) bond motifs is 15. The molecule has 0 unspecified atom stereocenters. The van der Waals surface area contributed by atoms with Crippen LogP contribution in [0.5, 0.6) is 0 Å². The maximum atomic E-state index is 6.72. The third kappa shape index (κ3) is 6.08. The first kappa shape index (κ1) is 43.4. The highest BCUT2D eigenvalue weighted by Crippen LogP contribution is 2.64. The van der Waals surface area contributed by atoms with Crippen molar-refractivity contribution in [2.75, 3.05) is 9.80 Å². The molecular weight excluding hydrogens is 933 g/mol. The van der Waals surface area contributed by atoms with E-state index in [4.69, 9.17) is 4.42 Å². The average Bonchev–Trinajstić information content (AvgIpc) is 4.35. The summed E-state index contributed by atoms with van der Waals surface area (Å²) in [4.78, 5) is 4.95. The van der Waals surface area contributed by atoms with Gasteiger partial charge in [-0.3, -0.25) is 0 Å². The molecule has 360 valence electrons. The Bertz CT molecular complexity index is 4390. The molecule has 3 nitrogen and oxygen atoms in total. The number of hydrogen-bond donors (Lipinski definition) is 0. The van der Waals surface area contributed by atoms with Crippen LogP contribution in [-0.4, -0.2) is 0 Å². The monoisotopic (exact) mass is 980 g/mol. The number of furan rings is 1. The van der Waals surface area contributed by atoms with Gasteiger partial charge in [0.25, 0.3) is 0 Å². The van der Waals surface area contributed by atoms with Crippen molar-refractivity contribution < 1.29 is 4.42 Å². The minimum atomic E-state index is -0.639. The zero-order valence-corrected chi connectivity index (χ0v) is 42.0. The highest BCUT2D eigenvalue weighted by Gasteiger charge is 2.52. The smallest absolute Gasteiger partial charge is 0.143 e. The molecule has 0 bridgehead atoms. The second kappa shape index (κ2) is 16.8. The molecule has 1 spiro atoms. The molecule has 3 aliphatic rings. The van der Waals surface area contributed by atoms with E-state index in [1.165, 1.54) is 78.1 Å². The summed E-state index contributed by atoms with van der Waals surface area (Å²) in [6.45, 7) is 0. The summed E-state index contributed by atoms with van der Waals surface area (Å²) in [5.41, 5.74) is 24.4. The van der Waals surface area contributed by atoms with Gasteiger partial charge in [-0.1, -0.05) is 224 Å². The predicted molar refractivity (Wildman–Crippen MR) is 317 cm³/mol. The minimum Gasteiger partial charge on any atom is -0.455 e. The van der Waals surface area contributed by atoms with Crippen LogP contribution < -0.4 is 9.80 Å². The standard InChI is InChI=1S/C74H48N2O/c1-4-23-50(24-5-1)73(51-25-6-2-7-26-51)63-35-13-10-30-57(63)59-44-42-54(47-67(59)73)75(53-29-20-22-49(46-53)56-33-21-34-62-61-32-12-19-41-71(61)77-72(56)62)55-43-45-60-58-31-11-14-36-64(58)74(68(60)48-55)65-37-15-17-39-69(65)76(52-27-8-3-9-28-52)70-40-18-16-38-66(70)74/h1-48H. The van der Waals surface area contributed by atoms with Gasteiger partial charge in [0.15, 0.2) is 0 Å². The fourth-order valence-corrected chi connectivity index (χ4v) is 13.9. The van der Waals surface area contributed by atoms with E-state index in [0.29, 0.717) is 0 Å². The lowest BCUT2D eigenvalue weighted by atomic mass is 9.64. The Kier molecular flexibility index (Phi) is 9.47. The van der Waals surface area contributed by atoms with Gasteiger partial charge in [-0.25, -0.2) is 0 Å². The number of para-hydroxylation sites is 5. The normalized spacial score (nSPS) is 13.9. The van der Waals surface area contributed by atoms with Gasteiger partial charge < -0.3 is 14.2 Å². The molecule has 0 saturated carbocycles. The fraction of sp³-hybridized carbons (Fsp3) is 0.0270. The van der Waals surface area contributed by atoms with Gasteiger partial charge in [-0.2, -0.15) is 0 Å². The summed E-state index contributed by atoms with van der Waals surface area (Å²) in [7, 11) is 0. The molecule has 0 radical (unpaired) electrons. The van der Waals surface area contributed by atoms with E-state index in [-0.39, 0.29) is 0 Å². The van der Waals surface area contributed by atoms with Gasteiger partial charge in [0.05, 0.1) is 22.2 Å². The van der Waals surface area contributed by atoms with E-state index >= 15 is 0 Å². The van der Waals surface area contributed by atoms with Crippen LogP contribution >= 0.6 is 0 Å². The van der Waals surface area contributed by atoms with Crippen molar-refractivity contribution in [2.24, 2.45) is 0 Å². The highest BCUT2D eigenvalue weighted by molar-refractivity contribution is 6.10. The van der Waals surface area contributed by atoms with Crippen LogP contribution in [0.2, 0.25) is 0 Å².